The van der Waals surface area contributed by atoms with Crippen molar-refractivity contribution < 1.29 is 0 Å². The van der Waals surface area contributed by atoms with Gasteiger partial charge in [0.1, 0.15) is 0 Å². The molecule has 1 saturated carbocycles. The van der Waals surface area contributed by atoms with Gasteiger partial charge in [0, 0.05) is 44.4 Å². The molecule has 3 atom stereocenters. The van der Waals surface area contributed by atoms with Crippen LogP contribution in [0.5, 0.6) is 0 Å². The van der Waals surface area contributed by atoms with E-state index >= 15 is 0 Å². The van der Waals surface area contributed by atoms with Gasteiger partial charge in [-0.2, -0.15) is 0 Å². The Balaban J connectivity index is 1.39. The van der Waals surface area contributed by atoms with Crippen LogP contribution in [0, 0.1) is 17.8 Å². The lowest BCUT2D eigenvalue weighted by Gasteiger charge is -2.20. The van der Waals surface area contributed by atoms with Gasteiger partial charge in [-0.1, -0.05) is 12.1 Å². The minimum atomic E-state index is 0.841. The monoisotopic (exact) mass is 293 g/mol. The van der Waals surface area contributed by atoms with E-state index in [1.807, 2.05) is 30.9 Å². The molecule has 2 aromatic heterocycles. The van der Waals surface area contributed by atoms with E-state index in [1.54, 1.807) is 0 Å². The maximum Gasteiger partial charge on any atom is 0.0312 e. The Morgan fingerprint density at radius 1 is 0.955 bits per heavy atom. The first-order valence-electron chi connectivity index (χ1n) is 8.38. The number of pyridine rings is 2. The molecular weight excluding hydrogens is 270 g/mol. The molecule has 0 unspecified atom stereocenters. The zero-order valence-corrected chi connectivity index (χ0v) is 12.9. The predicted octanol–water partition coefficient (Wildman–Crippen LogP) is 3.18. The van der Waals surface area contributed by atoms with Crippen molar-refractivity contribution in [1.82, 2.24) is 14.9 Å². The Morgan fingerprint density at radius 3 is 2.45 bits per heavy atom. The van der Waals surface area contributed by atoms with Crippen molar-refractivity contribution >= 4 is 0 Å². The Labute approximate surface area is 132 Å². The third-order valence-corrected chi connectivity index (χ3v) is 5.43. The molecule has 3 heteroatoms. The summed E-state index contributed by atoms with van der Waals surface area (Å²) in [6, 6.07) is 8.51. The van der Waals surface area contributed by atoms with Crippen molar-refractivity contribution in [1.29, 1.82) is 0 Å². The molecule has 1 aliphatic carbocycles. The van der Waals surface area contributed by atoms with Crippen molar-refractivity contribution in [2.24, 2.45) is 17.8 Å². The Kier molecular flexibility index (Phi) is 3.90. The predicted molar refractivity (Wildman–Crippen MR) is 87.2 cm³/mol. The maximum atomic E-state index is 4.27. The van der Waals surface area contributed by atoms with E-state index < -0.39 is 0 Å². The third-order valence-electron chi connectivity index (χ3n) is 5.43. The zero-order valence-electron chi connectivity index (χ0n) is 12.9. The Bertz CT molecular complexity index is 599. The first-order chi connectivity index (χ1) is 10.9. The lowest BCUT2D eigenvalue weighted by atomic mass is 9.88. The Hall–Kier alpha value is -1.74. The van der Waals surface area contributed by atoms with Crippen LogP contribution < -0.4 is 0 Å². The van der Waals surface area contributed by atoms with Gasteiger partial charge < -0.3 is 0 Å². The van der Waals surface area contributed by atoms with Crippen molar-refractivity contribution in [3.8, 4) is 0 Å². The number of aromatic nitrogens is 2. The number of rotatable bonds is 4. The first-order valence-corrected chi connectivity index (χ1v) is 8.38. The summed E-state index contributed by atoms with van der Waals surface area (Å²) in [4.78, 5) is 11.1. The van der Waals surface area contributed by atoms with E-state index in [4.69, 9.17) is 0 Å². The molecule has 2 aromatic rings. The van der Waals surface area contributed by atoms with Gasteiger partial charge in [0.2, 0.25) is 0 Å². The number of fused-ring (bicyclic) bond motifs is 1. The van der Waals surface area contributed by atoms with E-state index in [0.29, 0.717) is 0 Å². The van der Waals surface area contributed by atoms with E-state index in [-0.39, 0.29) is 0 Å². The number of likely N-dealkylation sites (tertiary alicyclic amines) is 1. The average Bonchev–Trinajstić information content (AvgIpc) is 3.11. The number of hydrogen-bond acceptors (Lipinski definition) is 3. The van der Waals surface area contributed by atoms with Crippen LogP contribution in [0.1, 0.15) is 24.0 Å². The van der Waals surface area contributed by atoms with Crippen molar-refractivity contribution in [2.45, 2.75) is 25.8 Å². The highest BCUT2D eigenvalue weighted by Crippen LogP contribution is 2.43. The lowest BCUT2D eigenvalue weighted by Crippen LogP contribution is -2.23. The summed E-state index contributed by atoms with van der Waals surface area (Å²) in [5, 5.41) is 0. The van der Waals surface area contributed by atoms with Gasteiger partial charge in [-0.25, -0.2) is 0 Å². The molecule has 0 spiro atoms. The smallest absolute Gasteiger partial charge is 0.0312 e. The molecule has 0 radical (unpaired) electrons. The molecule has 0 aromatic carbocycles. The number of hydrogen-bond donors (Lipinski definition) is 0. The minimum absolute atomic E-state index is 0.841. The lowest BCUT2D eigenvalue weighted by molar-refractivity contribution is 0.281. The van der Waals surface area contributed by atoms with E-state index in [9.17, 15) is 0 Å². The van der Waals surface area contributed by atoms with Crippen molar-refractivity contribution in [2.75, 3.05) is 13.1 Å². The van der Waals surface area contributed by atoms with Crippen LogP contribution in [0.3, 0.4) is 0 Å². The number of nitrogens with zero attached hydrogens (tertiary/aromatic N) is 3. The molecule has 3 heterocycles. The molecule has 2 aliphatic rings. The molecule has 0 amide bonds. The summed E-state index contributed by atoms with van der Waals surface area (Å²) in [6.45, 7) is 3.58. The molecule has 114 valence electrons. The maximum absolute atomic E-state index is 4.27. The van der Waals surface area contributed by atoms with Crippen LogP contribution >= 0.6 is 0 Å². The highest BCUT2D eigenvalue weighted by molar-refractivity contribution is 5.12. The summed E-state index contributed by atoms with van der Waals surface area (Å²) in [6.07, 6.45) is 11.8. The van der Waals surface area contributed by atoms with Crippen LogP contribution in [0.4, 0.5) is 0 Å². The second-order valence-corrected chi connectivity index (χ2v) is 6.88. The molecular formula is C19H23N3. The second kappa shape index (κ2) is 6.17. The van der Waals surface area contributed by atoms with Gasteiger partial charge in [-0.05, 0) is 60.3 Å². The van der Waals surface area contributed by atoms with Crippen LogP contribution in [-0.4, -0.2) is 28.0 Å². The molecule has 1 aliphatic heterocycles. The fourth-order valence-corrected chi connectivity index (χ4v) is 4.42. The fraction of sp³-hybridized carbons (Fsp3) is 0.474. The van der Waals surface area contributed by atoms with Crippen LogP contribution in [0.2, 0.25) is 0 Å². The van der Waals surface area contributed by atoms with Crippen molar-refractivity contribution in [3.63, 3.8) is 0 Å². The summed E-state index contributed by atoms with van der Waals surface area (Å²) < 4.78 is 0. The fourth-order valence-electron chi connectivity index (χ4n) is 4.42. The van der Waals surface area contributed by atoms with E-state index in [2.05, 4.69) is 33.1 Å². The second-order valence-electron chi connectivity index (χ2n) is 6.88. The van der Waals surface area contributed by atoms with Crippen molar-refractivity contribution in [3.05, 3.63) is 60.2 Å². The SMILES string of the molecule is c1cncc(C[C@H]2CC[C@@H]3CN(Cc4cccnc4)C[C@H]23)c1. The molecule has 0 bridgehead atoms. The highest BCUT2D eigenvalue weighted by atomic mass is 15.2. The summed E-state index contributed by atoms with van der Waals surface area (Å²) in [5.74, 6) is 2.61. The molecule has 4 rings (SSSR count). The first kappa shape index (κ1) is 13.9. The molecule has 3 nitrogen and oxygen atoms in total. The standard InChI is InChI=1S/C19H23N3/c1-3-15(10-20-7-1)9-17-5-6-18-13-22(14-19(17)18)12-16-4-2-8-21-11-16/h1-4,7-8,10-11,17-19H,5-6,9,12-14H2/t17-,18-,19-/m1/s1. The topological polar surface area (TPSA) is 29.0 Å². The van der Waals surface area contributed by atoms with Gasteiger partial charge in [0.05, 0.1) is 0 Å². The normalized spacial score (nSPS) is 27.9. The quantitative estimate of drug-likeness (QED) is 0.867. The summed E-state index contributed by atoms with van der Waals surface area (Å²) in [5.41, 5.74) is 2.74. The highest BCUT2D eigenvalue weighted by Gasteiger charge is 2.42. The van der Waals surface area contributed by atoms with Gasteiger partial charge in [-0.15, -0.1) is 0 Å². The van der Waals surface area contributed by atoms with E-state index in [0.717, 1.165) is 24.3 Å². The average molecular weight is 293 g/mol. The summed E-state index contributed by atoms with van der Waals surface area (Å²) in [7, 11) is 0. The van der Waals surface area contributed by atoms with Gasteiger partial charge >= 0.3 is 0 Å². The minimum Gasteiger partial charge on any atom is -0.298 e. The van der Waals surface area contributed by atoms with Gasteiger partial charge in [0.25, 0.3) is 0 Å². The van der Waals surface area contributed by atoms with E-state index in [1.165, 1.54) is 43.5 Å². The van der Waals surface area contributed by atoms with Crippen LogP contribution in [0.25, 0.3) is 0 Å². The summed E-state index contributed by atoms with van der Waals surface area (Å²) >= 11 is 0. The zero-order chi connectivity index (χ0) is 14.8. The molecule has 22 heavy (non-hydrogen) atoms. The largest absolute Gasteiger partial charge is 0.298 e. The third kappa shape index (κ3) is 2.91. The van der Waals surface area contributed by atoms with Crippen LogP contribution in [0.15, 0.2) is 49.1 Å². The van der Waals surface area contributed by atoms with Gasteiger partial charge in [0.15, 0.2) is 0 Å². The molecule has 1 saturated heterocycles. The Morgan fingerprint density at radius 2 is 1.73 bits per heavy atom. The molecule has 2 fully saturated rings. The molecule has 0 N–H and O–H groups in total. The van der Waals surface area contributed by atoms with Gasteiger partial charge in [-0.3, -0.25) is 14.9 Å². The van der Waals surface area contributed by atoms with Crippen LogP contribution in [-0.2, 0) is 13.0 Å².